The molecule has 1 aliphatic rings. The van der Waals surface area contributed by atoms with Gasteiger partial charge in [0.25, 0.3) is 0 Å². The highest BCUT2D eigenvalue weighted by molar-refractivity contribution is 5.81. The van der Waals surface area contributed by atoms with Gasteiger partial charge < -0.3 is 16.0 Å². The molecule has 0 aliphatic heterocycles. The van der Waals surface area contributed by atoms with Crippen LogP contribution in [0.5, 0.6) is 0 Å². The Bertz CT molecular complexity index is 657. The Morgan fingerprint density at radius 1 is 1.19 bits per heavy atom. The number of aliphatic imine (C=N–C) groups is 1. The van der Waals surface area contributed by atoms with Crippen LogP contribution in [0.4, 0.5) is 17.6 Å². The van der Waals surface area contributed by atoms with Crippen LogP contribution in [-0.4, -0.2) is 31.5 Å². The summed E-state index contributed by atoms with van der Waals surface area (Å²) in [6, 6.07) is 2.54. The Morgan fingerprint density at radius 3 is 2.50 bits per heavy atom. The summed E-state index contributed by atoms with van der Waals surface area (Å²) in [6.07, 6.45) is -2.81. The molecule has 3 N–H and O–H groups in total. The first-order valence-corrected chi connectivity index (χ1v) is 8.46. The number of rotatable bonds is 7. The van der Waals surface area contributed by atoms with Crippen molar-refractivity contribution < 1.29 is 22.4 Å². The monoisotopic (exact) mass is 374 g/mol. The number of carbonyl (C=O) groups is 1. The molecule has 0 saturated heterocycles. The van der Waals surface area contributed by atoms with Gasteiger partial charge in [0.1, 0.15) is 5.82 Å². The number of nitrogens with one attached hydrogen (secondary N) is 3. The Morgan fingerprint density at radius 2 is 1.88 bits per heavy atom. The number of guanidine groups is 1. The minimum atomic E-state index is -4.65. The molecule has 1 saturated carbocycles. The molecule has 0 aromatic heterocycles. The lowest BCUT2D eigenvalue weighted by atomic mass is 10.1. The molecule has 0 bridgehead atoms. The number of amides is 1. The van der Waals surface area contributed by atoms with E-state index < -0.39 is 17.6 Å². The number of nitrogens with zero attached hydrogens (tertiary/aromatic N) is 1. The van der Waals surface area contributed by atoms with Crippen LogP contribution in [-0.2, 0) is 17.5 Å². The van der Waals surface area contributed by atoms with E-state index in [1.165, 1.54) is 0 Å². The Kier molecular flexibility index (Phi) is 6.82. The minimum absolute atomic E-state index is 0.0230. The zero-order valence-electron chi connectivity index (χ0n) is 14.4. The average Bonchev–Trinajstić information content (AvgIpc) is 3.41. The Hall–Kier alpha value is -2.32. The third-order valence-electron chi connectivity index (χ3n) is 3.79. The highest BCUT2D eigenvalue weighted by Crippen LogP contribution is 2.32. The molecule has 144 valence electrons. The number of benzene rings is 1. The molecule has 1 amide bonds. The first-order valence-electron chi connectivity index (χ1n) is 8.46. The third kappa shape index (κ3) is 6.20. The van der Waals surface area contributed by atoms with Crippen LogP contribution in [0.15, 0.2) is 23.2 Å². The van der Waals surface area contributed by atoms with Crippen molar-refractivity contribution in [1.82, 2.24) is 16.0 Å². The van der Waals surface area contributed by atoms with Crippen LogP contribution in [0.25, 0.3) is 0 Å². The molecule has 0 spiro atoms. The average molecular weight is 374 g/mol. The van der Waals surface area contributed by atoms with Gasteiger partial charge in [0.05, 0.1) is 12.1 Å². The van der Waals surface area contributed by atoms with Gasteiger partial charge >= 0.3 is 6.18 Å². The van der Waals surface area contributed by atoms with Crippen molar-refractivity contribution in [2.24, 2.45) is 10.9 Å². The maximum absolute atomic E-state index is 13.1. The fourth-order valence-electron chi connectivity index (χ4n) is 2.31. The Labute approximate surface area is 149 Å². The fourth-order valence-corrected chi connectivity index (χ4v) is 2.31. The normalized spacial score (nSPS) is 14.9. The summed E-state index contributed by atoms with van der Waals surface area (Å²) >= 11 is 0. The smallest absolute Gasteiger partial charge is 0.357 e. The molecule has 0 heterocycles. The molecule has 0 unspecified atom stereocenters. The fraction of sp³-hybridized carbons (Fsp3) is 0.529. The van der Waals surface area contributed by atoms with Gasteiger partial charge in [-0.3, -0.25) is 4.79 Å². The summed E-state index contributed by atoms with van der Waals surface area (Å²) in [6.45, 7) is 2.88. The molecule has 0 atom stereocenters. The van der Waals surface area contributed by atoms with Gasteiger partial charge in [0.2, 0.25) is 5.91 Å². The molecule has 9 heteroatoms. The van der Waals surface area contributed by atoms with E-state index in [1.54, 1.807) is 0 Å². The number of carbonyl (C=O) groups excluding carboxylic acids is 1. The molecular weight excluding hydrogens is 352 g/mol. The highest BCUT2D eigenvalue weighted by Gasteiger charge is 2.33. The van der Waals surface area contributed by atoms with Crippen LogP contribution in [0.1, 0.15) is 30.9 Å². The largest absolute Gasteiger partial charge is 0.416 e. The van der Waals surface area contributed by atoms with Crippen molar-refractivity contribution in [2.75, 3.05) is 19.6 Å². The van der Waals surface area contributed by atoms with Crippen LogP contribution >= 0.6 is 0 Å². The summed E-state index contributed by atoms with van der Waals surface area (Å²) in [5.74, 6) is -0.474. The van der Waals surface area contributed by atoms with Gasteiger partial charge in [-0.1, -0.05) is 6.07 Å². The predicted octanol–water partition coefficient (Wildman–Crippen LogP) is 2.43. The summed E-state index contributed by atoms with van der Waals surface area (Å²) in [7, 11) is 0. The number of hydrogen-bond donors (Lipinski definition) is 3. The summed E-state index contributed by atoms with van der Waals surface area (Å²) < 4.78 is 52.2. The molecule has 1 aliphatic carbocycles. The molecule has 0 radical (unpaired) electrons. The van der Waals surface area contributed by atoms with E-state index in [-0.39, 0.29) is 23.9 Å². The SMILES string of the molecule is CCNC(=NCc1ccc(F)cc1C(F)(F)F)NCCNC(=O)C1CC1. The molecule has 5 nitrogen and oxygen atoms in total. The van der Waals surface area contributed by atoms with E-state index in [1.807, 2.05) is 6.92 Å². The van der Waals surface area contributed by atoms with Crippen LogP contribution in [0.3, 0.4) is 0 Å². The van der Waals surface area contributed by atoms with Crippen molar-refractivity contribution in [2.45, 2.75) is 32.5 Å². The van der Waals surface area contributed by atoms with Crippen molar-refractivity contribution in [3.05, 3.63) is 35.1 Å². The van der Waals surface area contributed by atoms with E-state index in [4.69, 9.17) is 0 Å². The molecule has 1 fully saturated rings. The topological polar surface area (TPSA) is 65.5 Å². The summed E-state index contributed by atoms with van der Waals surface area (Å²) in [5.41, 5.74) is -1.15. The zero-order chi connectivity index (χ0) is 19.2. The predicted molar refractivity (Wildman–Crippen MR) is 90.0 cm³/mol. The molecular formula is C17H22F4N4O. The maximum Gasteiger partial charge on any atom is 0.416 e. The second-order valence-electron chi connectivity index (χ2n) is 5.99. The van der Waals surface area contributed by atoms with Crippen LogP contribution in [0, 0.1) is 11.7 Å². The van der Waals surface area contributed by atoms with E-state index >= 15 is 0 Å². The van der Waals surface area contributed by atoms with Gasteiger partial charge in [-0.25, -0.2) is 9.38 Å². The summed E-state index contributed by atoms with van der Waals surface area (Å²) in [5, 5.41) is 8.64. The van der Waals surface area contributed by atoms with Crippen molar-refractivity contribution in [3.63, 3.8) is 0 Å². The van der Waals surface area contributed by atoms with Crippen molar-refractivity contribution in [3.8, 4) is 0 Å². The lowest BCUT2D eigenvalue weighted by molar-refractivity contribution is -0.138. The lowest BCUT2D eigenvalue weighted by Gasteiger charge is -2.14. The van der Waals surface area contributed by atoms with Gasteiger partial charge in [-0.2, -0.15) is 13.2 Å². The third-order valence-corrected chi connectivity index (χ3v) is 3.79. The lowest BCUT2D eigenvalue weighted by Crippen LogP contribution is -2.41. The van der Waals surface area contributed by atoms with Crippen LogP contribution < -0.4 is 16.0 Å². The maximum atomic E-state index is 13.1. The standard InChI is InChI=1S/C17H22F4N4O/c1-2-22-16(24-8-7-23-15(26)11-3-4-11)25-10-12-5-6-13(18)9-14(12)17(19,20)21/h5-6,9,11H,2-4,7-8,10H2,1H3,(H,23,26)(H2,22,24,25). The molecule has 2 rings (SSSR count). The first kappa shape index (κ1) is 20.0. The summed E-state index contributed by atoms with van der Waals surface area (Å²) in [4.78, 5) is 15.6. The van der Waals surface area contributed by atoms with Crippen molar-refractivity contribution in [1.29, 1.82) is 0 Å². The highest BCUT2D eigenvalue weighted by atomic mass is 19.4. The van der Waals surface area contributed by atoms with Gasteiger partial charge in [-0.05, 0) is 37.5 Å². The minimum Gasteiger partial charge on any atom is -0.357 e. The first-order chi connectivity index (χ1) is 12.3. The molecule has 1 aromatic carbocycles. The van der Waals surface area contributed by atoms with E-state index in [2.05, 4.69) is 20.9 Å². The molecule has 26 heavy (non-hydrogen) atoms. The van der Waals surface area contributed by atoms with Crippen LogP contribution in [0.2, 0.25) is 0 Å². The zero-order valence-corrected chi connectivity index (χ0v) is 14.4. The van der Waals surface area contributed by atoms with E-state index in [0.29, 0.717) is 31.7 Å². The second kappa shape index (κ2) is 8.86. The molecule has 1 aromatic rings. The van der Waals surface area contributed by atoms with Crippen molar-refractivity contribution >= 4 is 11.9 Å². The van der Waals surface area contributed by atoms with Gasteiger partial charge in [-0.15, -0.1) is 0 Å². The number of halogens is 4. The van der Waals surface area contributed by atoms with E-state index in [9.17, 15) is 22.4 Å². The number of alkyl halides is 3. The second-order valence-corrected chi connectivity index (χ2v) is 5.99. The van der Waals surface area contributed by atoms with Gasteiger partial charge in [0, 0.05) is 25.6 Å². The number of hydrogen-bond acceptors (Lipinski definition) is 2. The quantitative estimate of drug-likeness (QED) is 0.297. The Balaban J connectivity index is 1.94. The van der Waals surface area contributed by atoms with E-state index in [0.717, 1.165) is 25.0 Å². The van der Waals surface area contributed by atoms with Gasteiger partial charge in [0.15, 0.2) is 5.96 Å².